The zero-order valence-electron chi connectivity index (χ0n) is 9.48. The van der Waals surface area contributed by atoms with Crippen LogP contribution in [0, 0.1) is 0 Å². The minimum Gasteiger partial charge on any atom is -0.321 e. The summed E-state index contributed by atoms with van der Waals surface area (Å²) < 4.78 is 0. The second-order valence-corrected chi connectivity index (χ2v) is 4.48. The van der Waals surface area contributed by atoms with Crippen molar-refractivity contribution in [2.45, 2.75) is 0 Å². The molecular formula is C15H10ClNO. The molecule has 0 atom stereocenters. The maximum atomic E-state index is 11.7. The molecular weight excluding hydrogens is 246 g/mol. The van der Waals surface area contributed by atoms with Gasteiger partial charge in [0.25, 0.3) is 0 Å². The van der Waals surface area contributed by atoms with Gasteiger partial charge in [0.15, 0.2) is 0 Å². The van der Waals surface area contributed by atoms with Gasteiger partial charge in [-0.25, -0.2) is 0 Å². The van der Waals surface area contributed by atoms with Gasteiger partial charge >= 0.3 is 0 Å². The first kappa shape index (κ1) is 11.1. The van der Waals surface area contributed by atoms with Gasteiger partial charge in [-0.3, -0.25) is 4.79 Å². The first-order valence-corrected chi connectivity index (χ1v) is 6.00. The van der Waals surface area contributed by atoms with Crippen LogP contribution in [0.2, 0.25) is 5.02 Å². The molecule has 0 unspecified atom stereocenters. The number of para-hydroxylation sites is 1. The van der Waals surface area contributed by atoms with Crippen LogP contribution in [0.5, 0.6) is 0 Å². The van der Waals surface area contributed by atoms with E-state index >= 15 is 0 Å². The third-order valence-corrected chi connectivity index (χ3v) is 3.23. The standard InChI is InChI=1S/C15H10ClNO/c16-13-8-4-7-11-12(9-14(18)17-15(11)13)10-5-2-1-3-6-10/h1-9H,(H,17,18). The maximum Gasteiger partial charge on any atom is 0.249 e. The van der Waals surface area contributed by atoms with Crippen LogP contribution in [0.4, 0.5) is 0 Å². The summed E-state index contributed by atoms with van der Waals surface area (Å²) in [5, 5.41) is 1.51. The van der Waals surface area contributed by atoms with E-state index in [0.29, 0.717) is 10.5 Å². The molecule has 0 amide bonds. The van der Waals surface area contributed by atoms with E-state index in [2.05, 4.69) is 4.98 Å². The molecule has 0 aliphatic carbocycles. The fraction of sp³-hybridized carbons (Fsp3) is 0. The van der Waals surface area contributed by atoms with Gasteiger partial charge in [-0.2, -0.15) is 0 Å². The number of pyridine rings is 1. The number of nitrogens with one attached hydrogen (secondary N) is 1. The van der Waals surface area contributed by atoms with Crippen molar-refractivity contribution in [3.8, 4) is 11.1 Å². The average Bonchev–Trinajstić information content (AvgIpc) is 2.40. The van der Waals surface area contributed by atoms with Crippen molar-refractivity contribution in [2.24, 2.45) is 0 Å². The number of H-pyrrole nitrogens is 1. The van der Waals surface area contributed by atoms with Crippen LogP contribution in [0.3, 0.4) is 0 Å². The molecule has 0 spiro atoms. The van der Waals surface area contributed by atoms with Gasteiger partial charge in [-0.1, -0.05) is 54.1 Å². The highest BCUT2D eigenvalue weighted by molar-refractivity contribution is 6.35. The highest BCUT2D eigenvalue weighted by atomic mass is 35.5. The first-order valence-electron chi connectivity index (χ1n) is 5.63. The molecule has 88 valence electrons. The smallest absolute Gasteiger partial charge is 0.249 e. The third-order valence-electron chi connectivity index (χ3n) is 2.91. The van der Waals surface area contributed by atoms with Gasteiger partial charge in [-0.15, -0.1) is 0 Å². The average molecular weight is 256 g/mol. The minimum absolute atomic E-state index is 0.144. The lowest BCUT2D eigenvalue weighted by Crippen LogP contribution is -2.05. The molecule has 0 radical (unpaired) electrons. The van der Waals surface area contributed by atoms with Crippen molar-refractivity contribution in [2.75, 3.05) is 0 Å². The largest absolute Gasteiger partial charge is 0.321 e. The Morgan fingerprint density at radius 1 is 0.944 bits per heavy atom. The van der Waals surface area contributed by atoms with Crippen LogP contribution in [0.1, 0.15) is 0 Å². The second kappa shape index (κ2) is 4.31. The summed E-state index contributed by atoms with van der Waals surface area (Å²) in [7, 11) is 0. The van der Waals surface area contributed by atoms with Crippen molar-refractivity contribution in [1.82, 2.24) is 4.98 Å². The topological polar surface area (TPSA) is 32.9 Å². The van der Waals surface area contributed by atoms with Gasteiger partial charge in [0.1, 0.15) is 0 Å². The lowest BCUT2D eigenvalue weighted by Gasteiger charge is -2.07. The molecule has 0 aliphatic heterocycles. The van der Waals surface area contributed by atoms with Gasteiger partial charge in [0.2, 0.25) is 5.56 Å². The molecule has 3 rings (SSSR count). The van der Waals surface area contributed by atoms with Crippen LogP contribution in [0.15, 0.2) is 59.4 Å². The summed E-state index contributed by atoms with van der Waals surface area (Å²) in [6.45, 7) is 0. The lowest BCUT2D eigenvalue weighted by atomic mass is 10.0. The molecule has 1 aromatic heterocycles. The van der Waals surface area contributed by atoms with Crippen LogP contribution in [-0.2, 0) is 0 Å². The van der Waals surface area contributed by atoms with Gasteiger partial charge < -0.3 is 4.98 Å². The highest BCUT2D eigenvalue weighted by Crippen LogP contribution is 2.29. The van der Waals surface area contributed by atoms with E-state index in [-0.39, 0.29) is 5.56 Å². The Balaban J connectivity index is 2.43. The minimum atomic E-state index is -0.144. The van der Waals surface area contributed by atoms with Crippen molar-refractivity contribution >= 4 is 22.5 Å². The third kappa shape index (κ3) is 1.81. The fourth-order valence-electron chi connectivity index (χ4n) is 2.10. The summed E-state index contributed by atoms with van der Waals surface area (Å²) >= 11 is 6.12. The number of aromatic amines is 1. The predicted molar refractivity (Wildman–Crippen MR) is 75.0 cm³/mol. The van der Waals surface area contributed by atoms with Crippen LogP contribution in [0.25, 0.3) is 22.0 Å². The Morgan fingerprint density at radius 2 is 1.72 bits per heavy atom. The number of benzene rings is 2. The van der Waals surface area contributed by atoms with E-state index < -0.39 is 0 Å². The molecule has 0 saturated heterocycles. The van der Waals surface area contributed by atoms with E-state index in [9.17, 15) is 4.79 Å². The maximum absolute atomic E-state index is 11.7. The van der Waals surface area contributed by atoms with Crippen molar-refractivity contribution < 1.29 is 0 Å². The first-order chi connectivity index (χ1) is 8.75. The summed E-state index contributed by atoms with van der Waals surface area (Å²) in [6.07, 6.45) is 0. The van der Waals surface area contributed by atoms with E-state index in [1.54, 1.807) is 12.1 Å². The number of aromatic nitrogens is 1. The van der Waals surface area contributed by atoms with Crippen LogP contribution < -0.4 is 5.56 Å². The predicted octanol–water partition coefficient (Wildman–Crippen LogP) is 3.85. The van der Waals surface area contributed by atoms with E-state index in [1.807, 2.05) is 42.5 Å². The van der Waals surface area contributed by atoms with E-state index in [1.165, 1.54) is 0 Å². The lowest BCUT2D eigenvalue weighted by molar-refractivity contribution is 1.31. The van der Waals surface area contributed by atoms with E-state index in [0.717, 1.165) is 16.5 Å². The Bertz CT molecular complexity index is 762. The summed E-state index contributed by atoms with van der Waals surface area (Å²) in [6, 6.07) is 17.0. The summed E-state index contributed by atoms with van der Waals surface area (Å²) in [5.41, 5.74) is 2.45. The molecule has 0 fully saturated rings. The van der Waals surface area contributed by atoms with Crippen molar-refractivity contribution in [3.63, 3.8) is 0 Å². The number of hydrogen-bond acceptors (Lipinski definition) is 1. The molecule has 0 bridgehead atoms. The zero-order valence-corrected chi connectivity index (χ0v) is 10.2. The van der Waals surface area contributed by atoms with E-state index in [4.69, 9.17) is 11.6 Å². The van der Waals surface area contributed by atoms with Gasteiger partial charge in [-0.05, 0) is 17.2 Å². The molecule has 0 saturated carbocycles. The molecule has 0 aliphatic rings. The zero-order chi connectivity index (χ0) is 12.5. The SMILES string of the molecule is O=c1cc(-c2ccccc2)c2cccc(Cl)c2[nH]1. The fourth-order valence-corrected chi connectivity index (χ4v) is 2.32. The number of rotatable bonds is 1. The molecule has 3 heteroatoms. The summed E-state index contributed by atoms with van der Waals surface area (Å²) in [4.78, 5) is 14.5. The molecule has 1 heterocycles. The number of hydrogen-bond donors (Lipinski definition) is 1. The number of halogens is 1. The monoisotopic (exact) mass is 255 g/mol. The quantitative estimate of drug-likeness (QED) is 0.704. The van der Waals surface area contributed by atoms with Crippen LogP contribution in [-0.4, -0.2) is 4.98 Å². The number of fused-ring (bicyclic) bond motifs is 1. The summed E-state index contributed by atoms with van der Waals surface area (Å²) in [5.74, 6) is 0. The highest BCUT2D eigenvalue weighted by Gasteiger charge is 2.07. The molecule has 3 aromatic rings. The van der Waals surface area contributed by atoms with Gasteiger partial charge in [0, 0.05) is 11.5 Å². The Labute approximate surface area is 109 Å². The molecule has 2 nitrogen and oxygen atoms in total. The molecule has 1 N–H and O–H groups in total. The van der Waals surface area contributed by atoms with Crippen molar-refractivity contribution in [1.29, 1.82) is 0 Å². The second-order valence-electron chi connectivity index (χ2n) is 4.08. The molecule has 2 aromatic carbocycles. The normalized spacial score (nSPS) is 10.7. The Morgan fingerprint density at radius 3 is 2.50 bits per heavy atom. The van der Waals surface area contributed by atoms with Crippen LogP contribution >= 0.6 is 11.6 Å². The van der Waals surface area contributed by atoms with Crippen molar-refractivity contribution in [3.05, 3.63) is 70.0 Å². The Hall–Kier alpha value is -2.06. The van der Waals surface area contributed by atoms with Gasteiger partial charge in [0.05, 0.1) is 10.5 Å². The Kier molecular flexibility index (Phi) is 2.65. The molecule has 18 heavy (non-hydrogen) atoms.